The standard InChI is InChI=1S/C21H25N7O/c29-20(26-14-3-4-15-26)16-8-10-17(11-9-16)27(21-22-12-5-13-23-21)28-19-7-2-1-6-18(19)24-25-28/h1-2,5-7,12-13,16-17H,3-4,8-11,14-15H2. The Kier molecular flexibility index (Phi) is 4.83. The van der Waals surface area contributed by atoms with Crippen LogP contribution in [0, 0.1) is 5.92 Å². The Labute approximate surface area is 169 Å². The van der Waals surface area contributed by atoms with Crippen LogP contribution in [0.3, 0.4) is 0 Å². The summed E-state index contributed by atoms with van der Waals surface area (Å²) in [6, 6.07) is 9.89. The molecular formula is C21H25N7O. The number of anilines is 1. The molecule has 2 aliphatic rings. The summed E-state index contributed by atoms with van der Waals surface area (Å²) >= 11 is 0. The number of fused-ring (bicyclic) bond motifs is 1. The van der Waals surface area contributed by atoms with Crippen LogP contribution >= 0.6 is 0 Å². The summed E-state index contributed by atoms with van der Waals surface area (Å²) in [5.74, 6) is 1.09. The predicted octanol–water partition coefficient (Wildman–Crippen LogP) is 2.67. The highest BCUT2D eigenvalue weighted by Gasteiger charge is 2.34. The number of hydrogen-bond acceptors (Lipinski definition) is 6. The zero-order chi connectivity index (χ0) is 19.6. The third kappa shape index (κ3) is 3.43. The molecule has 3 aromatic rings. The predicted molar refractivity (Wildman–Crippen MR) is 109 cm³/mol. The molecule has 3 heterocycles. The first-order chi connectivity index (χ1) is 14.3. The van der Waals surface area contributed by atoms with Crippen LogP contribution < -0.4 is 5.01 Å². The maximum atomic E-state index is 12.8. The molecule has 0 atom stereocenters. The Morgan fingerprint density at radius 2 is 1.69 bits per heavy atom. The molecule has 0 N–H and O–H groups in total. The van der Waals surface area contributed by atoms with Crippen molar-refractivity contribution in [2.24, 2.45) is 5.92 Å². The Bertz CT molecular complexity index is 975. The van der Waals surface area contributed by atoms with Crippen LogP contribution in [-0.2, 0) is 4.79 Å². The molecule has 1 aliphatic carbocycles. The van der Waals surface area contributed by atoms with Gasteiger partial charge in [0.15, 0.2) is 0 Å². The molecule has 0 bridgehead atoms. The molecule has 8 nitrogen and oxygen atoms in total. The lowest BCUT2D eigenvalue weighted by Gasteiger charge is -2.36. The van der Waals surface area contributed by atoms with Gasteiger partial charge in [0.1, 0.15) is 11.0 Å². The van der Waals surface area contributed by atoms with Crippen LogP contribution in [0.1, 0.15) is 38.5 Å². The van der Waals surface area contributed by atoms with E-state index in [1.807, 2.05) is 45.0 Å². The monoisotopic (exact) mass is 391 g/mol. The van der Waals surface area contributed by atoms with Gasteiger partial charge in [0.05, 0.1) is 6.04 Å². The molecule has 150 valence electrons. The lowest BCUT2D eigenvalue weighted by molar-refractivity contribution is -0.135. The Morgan fingerprint density at radius 3 is 2.45 bits per heavy atom. The number of aromatic nitrogens is 5. The first-order valence-corrected chi connectivity index (χ1v) is 10.5. The minimum absolute atomic E-state index is 0.135. The minimum atomic E-state index is 0.135. The number of likely N-dealkylation sites (tertiary alicyclic amines) is 1. The van der Waals surface area contributed by atoms with E-state index < -0.39 is 0 Å². The highest BCUT2D eigenvalue weighted by molar-refractivity contribution is 5.79. The van der Waals surface area contributed by atoms with E-state index in [1.54, 1.807) is 12.4 Å². The Hall–Kier alpha value is -3.03. The molecule has 1 aromatic carbocycles. The second kappa shape index (κ2) is 7.77. The minimum Gasteiger partial charge on any atom is -0.342 e. The van der Waals surface area contributed by atoms with Crippen LogP contribution in [0.5, 0.6) is 0 Å². The molecule has 5 rings (SSSR count). The Balaban J connectivity index is 1.40. The average Bonchev–Trinajstić information content (AvgIpc) is 3.46. The molecule has 8 heteroatoms. The van der Waals surface area contributed by atoms with E-state index in [1.165, 1.54) is 0 Å². The highest BCUT2D eigenvalue weighted by Crippen LogP contribution is 2.32. The maximum Gasteiger partial charge on any atom is 0.246 e. The van der Waals surface area contributed by atoms with Crippen molar-refractivity contribution in [2.45, 2.75) is 44.6 Å². The fourth-order valence-corrected chi connectivity index (χ4v) is 4.59. The zero-order valence-corrected chi connectivity index (χ0v) is 16.4. The topological polar surface area (TPSA) is 80.0 Å². The van der Waals surface area contributed by atoms with Gasteiger partial charge in [-0.2, -0.15) is 0 Å². The summed E-state index contributed by atoms with van der Waals surface area (Å²) in [6.45, 7) is 1.85. The average molecular weight is 391 g/mol. The summed E-state index contributed by atoms with van der Waals surface area (Å²) in [5.41, 5.74) is 1.77. The van der Waals surface area contributed by atoms with Gasteiger partial charge in [-0.3, -0.25) is 4.79 Å². The first kappa shape index (κ1) is 18.0. The molecule has 1 amide bonds. The van der Waals surface area contributed by atoms with Gasteiger partial charge in [-0.1, -0.05) is 12.1 Å². The van der Waals surface area contributed by atoms with Crippen molar-refractivity contribution in [1.82, 2.24) is 30.0 Å². The lowest BCUT2D eigenvalue weighted by Crippen LogP contribution is -2.45. The molecule has 0 unspecified atom stereocenters. The molecule has 2 aromatic heterocycles. The summed E-state index contributed by atoms with van der Waals surface area (Å²) in [7, 11) is 0. The lowest BCUT2D eigenvalue weighted by atomic mass is 9.85. The molecular weight excluding hydrogens is 366 g/mol. The van der Waals surface area contributed by atoms with Crippen LogP contribution in [0.25, 0.3) is 11.0 Å². The second-order valence-electron chi connectivity index (χ2n) is 7.90. The number of nitrogens with zero attached hydrogens (tertiary/aromatic N) is 7. The van der Waals surface area contributed by atoms with E-state index in [-0.39, 0.29) is 12.0 Å². The van der Waals surface area contributed by atoms with Crippen molar-refractivity contribution < 1.29 is 4.79 Å². The third-order valence-corrected chi connectivity index (χ3v) is 6.11. The van der Waals surface area contributed by atoms with Gasteiger partial charge in [-0.15, -0.1) is 9.89 Å². The van der Waals surface area contributed by atoms with Crippen molar-refractivity contribution in [2.75, 3.05) is 18.1 Å². The van der Waals surface area contributed by atoms with Crippen molar-refractivity contribution in [3.63, 3.8) is 0 Å². The third-order valence-electron chi connectivity index (χ3n) is 6.11. The maximum absolute atomic E-state index is 12.8. The van der Waals surface area contributed by atoms with Crippen LogP contribution in [0.4, 0.5) is 5.95 Å². The summed E-state index contributed by atoms with van der Waals surface area (Å²) in [4.78, 5) is 25.6. The number of amides is 1. The summed E-state index contributed by atoms with van der Waals surface area (Å²) < 4.78 is 0. The van der Waals surface area contributed by atoms with Gasteiger partial charge >= 0.3 is 0 Å². The Morgan fingerprint density at radius 1 is 0.966 bits per heavy atom. The van der Waals surface area contributed by atoms with E-state index >= 15 is 0 Å². The number of rotatable bonds is 4. The van der Waals surface area contributed by atoms with Gasteiger partial charge in [-0.25, -0.2) is 15.0 Å². The van der Waals surface area contributed by atoms with E-state index in [2.05, 4.69) is 20.3 Å². The molecule has 1 saturated heterocycles. The number of carbonyl (C=O) groups excluding carboxylic acids is 1. The molecule has 1 aliphatic heterocycles. The van der Waals surface area contributed by atoms with Gasteiger partial charge in [0.2, 0.25) is 11.9 Å². The van der Waals surface area contributed by atoms with E-state index in [4.69, 9.17) is 0 Å². The van der Waals surface area contributed by atoms with Crippen LogP contribution in [0.2, 0.25) is 0 Å². The van der Waals surface area contributed by atoms with Crippen molar-refractivity contribution in [1.29, 1.82) is 0 Å². The molecule has 1 saturated carbocycles. The zero-order valence-electron chi connectivity index (χ0n) is 16.4. The summed E-state index contributed by atoms with van der Waals surface area (Å²) in [6.07, 6.45) is 9.34. The molecule has 0 radical (unpaired) electrons. The number of hydrogen-bond donors (Lipinski definition) is 0. The summed E-state index contributed by atoms with van der Waals surface area (Å²) in [5, 5.41) is 10.8. The highest BCUT2D eigenvalue weighted by atomic mass is 16.2. The van der Waals surface area contributed by atoms with E-state index in [0.717, 1.165) is 62.6 Å². The normalized spacial score (nSPS) is 22.1. The van der Waals surface area contributed by atoms with Gasteiger partial charge in [0.25, 0.3) is 0 Å². The molecule has 29 heavy (non-hydrogen) atoms. The van der Waals surface area contributed by atoms with Crippen LogP contribution in [-0.4, -0.2) is 55.0 Å². The number of para-hydroxylation sites is 1. The SMILES string of the molecule is O=C(C1CCC(N(c2ncccn2)n2nnc3ccccc32)CC1)N1CCCC1. The quantitative estimate of drug-likeness (QED) is 0.680. The van der Waals surface area contributed by atoms with Gasteiger partial charge in [-0.05, 0) is 61.9 Å². The largest absolute Gasteiger partial charge is 0.342 e. The van der Waals surface area contributed by atoms with Crippen molar-refractivity contribution >= 4 is 22.9 Å². The molecule has 0 spiro atoms. The second-order valence-corrected chi connectivity index (χ2v) is 7.90. The first-order valence-electron chi connectivity index (χ1n) is 10.5. The number of carbonyl (C=O) groups is 1. The van der Waals surface area contributed by atoms with E-state index in [0.29, 0.717) is 11.9 Å². The van der Waals surface area contributed by atoms with Crippen LogP contribution in [0.15, 0.2) is 42.7 Å². The van der Waals surface area contributed by atoms with Gasteiger partial charge < -0.3 is 4.90 Å². The smallest absolute Gasteiger partial charge is 0.246 e. The number of benzene rings is 1. The van der Waals surface area contributed by atoms with Crippen molar-refractivity contribution in [3.05, 3.63) is 42.7 Å². The fraction of sp³-hybridized carbons (Fsp3) is 0.476. The van der Waals surface area contributed by atoms with E-state index in [9.17, 15) is 4.79 Å². The van der Waals surface area contributed by atoms with Crippen molar-refractivity contribution in [3.8, 4) is 0 Å². The molecule has 2 fully saturated rings. The van der Waals surface area contributed by atoms with Gasteiger partial charge in [0, 0.05) is 31.4 Å². The fourth-order valence-electron chi connectivity index (χ4n) is 4.59.